The van der Waals surface area contributed by atoms with E-state index in [0.29, 0.717) is 0 Å². The van der Waals surface area contributed by atoms with Crippen LogP contribution in [0.2, 0.25) is 0 Å². The molecule has 1 unspecified atom stereocenters. The summed E-state index contributed by atoms with van der Waals surface area (Å²) in [6, 6.07) is 3.11. The maximum atomic E-state index is 13.3. The molecule has 0 aliphatic carbocycles. The van der Waals surface area contributed by atoms with Crippen molar-refractivity contribution in [3.63, 3.8) is 0 Å². The van der Waals surface area contributed by atoms with Crippen molar-refractivity contribution in [3.8, 4) is 0 Å². The highest BCUT2D eigenvalue weighted by molar-refractivity contribution is 8.00. The molecule has 0 aliphatic rings. The number of methoxy groups -OCH3 is 1. The molecule has 1 amide bonds. The molecular formula is C13H15F2NO4S. The number of ether oxygens (including phenoxy) is 1. The van der Waals surface area contributed by atoms with E-state index in [1.807, 2.05) is 0 Å². The van der Waals surface area contributed by atoms with Crippen molar-refractivity contribution in [2.24, 2.45) is 0 Å². The Morgan fingerprint density at radius 2 is 2.14 bits per heavy atom. The SMILES string of the molecule is COC(CNC(=O)CSc1ccc(F)cc1F)CC(=O)O. The van der Waals surface area contributed by atoms with E-state index >= 15 is 0 Å². The molecule has 1 atom stereocenters. The number of aliphatic carboxylic acids is 1. The van der Waals surface area contributed by atoms with Gasteiger partial charge >= 0.3 is 5.97 Å². The monoisotopic (exact) mass is 319 g/mol. The molecule has 8 heteroatoms. The van der Waals surface area contributed by atoms with Gasteiger partial charge in [0.15, 0.2) is 0 Å². The lowest BCUT2D eigenvalue weighted by Gasteiger charge is -2.13. The van der Waals surface area contributed by atoms with Crippen molar-refractivity contribution in [2.75, 3.05) is 19.4 Å². The van der Waals surface area contributed by atoms with Crippen molar-refractivity contribution in [3.05, 3.63) is 29.8 Å². The fourth-order valence-corrected chi connectivity index (χ4v) is 2.20. The lowest BCUT2D eigenvalue weighted by molar-refractivity contribution is -0.140. The number of nitrogens with one attached hydrogen (secondary N) is 1. The maximum absolute atomic E-state index is 13.3. The third-order valence-electron chi connectivity index (χ3n) is 2.52. The third-order valence-corrected chi connectivity index (χ3v) is 3.56. The number of carbonyl (C=O) groups excluding carboxylic acids is 1. The predicted octanol–water partition coefficient (Wildman–Crippen LogP) is 1.66. The first kappa shape index (κ1) is 17.4. The van der Waals surface area contributed by atoms with Crippen LogP contribution in [-0.2, 0) is 14.3 Å². The predicted molar refractivity (Wildman–Crippen MR) is 73.1 cm³/mol. The second-order valence-electron chi connectivity index (χ2n) is 4.12. The summed E-state index contributed by atoms with van der Waals surface area (Å²) in [5.41, 5.74) is 0. The molecule has 2 N–H and O–H groups in total. The van der Waals surface area contributed by atoms with Gasteiger partial charge in [0, 0.05) is 24.6 Å². The number of thioether (sulfide) groups is 1. The van der Waals surface area contributed by atoms with E-state index in [1.54, 1.807) is 0 Å². The summed E-state index contributed by atoms with van der Waals surface area (Å²) in [7, 11) is 1.35. The van der Waals surface area contributed by atoms with Gasteiger partial charge in [-0.1, -0.05) is 0 Å². The van der Waals surface area contributed by atoms with Gasteiger partial charge in [0.2, 0.25) is 5.91 Å². The largest absolute Gasteiger partial charge is 0.481 e. The molecular weight excluding hydrogens is 304 g/mol. The van der Waals surface area contributed by atoms with Crippen molar-refractivity contribution in [1.82, 2.24) is 5.32 Å². The number of amides is 1. The number of halogens is 2. The summed E-state index contributed by atoms with van der Waals surface area (Å²) in [6.45, 7) is 0.0497. The third kappa shape index (κ3) is 6.54. The van der Waals surface area contributed by atoms with Gasteiger partial charge in [-0.05, 0) is 12.1 Å². The second kappa shape index (κ2) is 8.58. The Bertz CT molecular complexity index is 513. The van der Waals surface area contributed by atoms with E-state index in [2.05, 4.69) is 5.32 Å². The highest BCUT2D eigenvalue weighted by Gasteiger charge is 2.14. The van der Waals surface area contributed by atoms with E-state index in [1.165, 1.54) is 13.2 Å². The van der Waals surface area contributed by atoms with Gasteiger partial charge in [0.05, 0.1) is 18.3 Å². The van der Waals surface area contributed by atoms with E-state index in [-0.39, 0.29) is 23.6 Å². The van der Waals surface area contributed by atoms with E-state index in [0.717, 1.165) is 23.9 Å². The van der Waals surface area contributed by atoms with Crippen LogP contribution < -0.4 is 5.32 Å². The van der Waals surface area contributed by atoms with Gasteiger partial charge in [0.1, 0.15) is 11.6 Å². The van der Waals surface area contributed by atoms with Crippen LogP contribution in [0.15, 0.2) is 23.1 Å². The van der Waals surface area contributed by atoms with Gasteiger partial charge in [-0.3, -0.25) is 9.59 Å². The van der Waals surface area contributed by atoms with E-state index in [9.17, 15) is 18.4 Å². The molecule has 1 rings (SSSR count). The first-order chi connectivity index (χ1) is 9.92. The molecule has 0 saturated carbocycles. The van der Waals surface area contributed by atoms with Crippen molar-refractivity contribution in [1.29, 1.82) is 0 Å². The normalized spacial score (nSPS) is 12.0. The van der Waals surface area contributed by atoms with Crippen LogP contribution in [0.1, 0.15) is 6.42 Å². The molecule has 0 bridgehead atoms. The molecule has 0 aliphatic heterocycles. The quantitative estimate of drug-likeness (QED) is 0.713. The van der Waals surface area contributed by atoms with Crippen molar-refractivity contribution >= 4 is 23.6 Å². The zero-order valence-corrected chi connectivity index (χ0v) is 12.1. The van der Waals surface area contributed by atoms with Crippen LogP contribution in [-0.4, -0.2) is 42.5 Å². The standard InChI is InChI=1S/C13H15F2NO4S/c1-20-9(5-13(18)19)6-16-12(17)7-21-11-3-2-8(14)4-10(11)15/h2-4,9H,5-7H2,1H3,(H,16,17)(H,18,19). The molecule has 0 spiro atoms. The Balaban J connectivity index is 2.38. The van der Waals surface area contributed by atoms with Crippen LogP contribution in [0.25, 0.3) is 0 Å². The summed E-state index contributed by atoms with van der Waals surface area (Å²) in [6.07, 6.45) is -0.852. The van der Waals surface area contributed by atoms with Crippen LogP contribution in [0.3, 0.4) is 0 Å². The van der Waals surface area contributed by atoms with Crippen LogP contribution >= 0.6 is 11.8 Å². The summed E-state index contributed by atoms with van der Waals surface area (Å²) in [4.78, 5) is 22.3. The highest BCUT2D eigenvalue weighted by Crippen LogP contribution is 2.21. The smallest absolute Gasteiger partial charge is 0.306 e. The highest BCUT2D eigenvalue weighted by atomic mass is 32.2. The van der Waals surface area contributed by atoms with Gasteiger partial charge < -0.3 is 15.2 Å². The first-order valence-electron chi connectivity index (χ1n) is 6.01. The Labute approximate surface area is 124 Å². The van der Waals surface area contributed by atoms with Crippen molar-refractivity contribution < 1.29 is 28.2 Å². The van der Waals surface area contributed by atoms with Crippen LogP contribution in [0.5, 0.6) is 0 Å². The zero-order chi connectivity index (χ0) is 15.8. The van der Waals surface area contributed by atoms with E-state index in [4.69, 9.17) is 9.84 Å². The van der Waals surface area contributed by atoms with Gasteiger partial charge in [-0.15, -0.1) is 11.8 Å². The van der Waals surface area contributed by atoms with Crippen LogP contribution in [0.4, 0.5) is 8.78 Å². The van der Waals surface area contributed by atoms with E-state index < -0.39 is 29.6 Å². The number of hydrogen-bond acceptors (Lipinski definition) is 4. The Kier molecular flexibility index (Phi) is 7.10. The molecule has 0 radical (unpaired) electrons. The first-order valence-corrected chi connectivity index (χ1v) is 7.00. The fourth-order valence-electron chi connectivity index (χ4n) is 1.45. The van der Waals surface area contributed by atoms with Gasteiger partial charge in [0.25, 0.3) is 0 Å². The zero-order valence-electron chi connectivity index (χ0n) is 11.3. The topological polar surface area (TPSA) is 75.6 Å². The number of carbonyl (C=O) groups is 2. The summed E-state index contributed by atoms with van der Waals surface area (Å²) in [5, 5.41) is 11.1. The number of carboxylic acids is 1. The minimum Gasteiger partial charge on any atom is -0.481 e. The summed E-state index contributed by atoms with van der Waals surface area (Å²) < 4.78 is 30.9. The second-order valence-corrected chi connectivity index (χ2v) is 5.14. The molecule has 1 aromatic rings. The molecule has 0 heterocycles. The minimum atomic E-state index is -1.03. The molecule has 21 heavy (non-hydrogen) atoms. The Morgan fingerprint density at radius 3 is 2.71 bits per heavy atom. The fraction of sp³-hybridized carbons (Fsp3) is 0.385. The Hall–Kier alpha value is -1.67. The number of carboxylic acid groups (broad SMARTS) is 1. The molecule has 5 nitrogen and oxygen atoms in total. The maximum Gasteiger partial charge on any atom is 0.306 e. The number of rotatable bonds is 8. The molecule has 1 aromatic carbocycles. The summed E-state index contributed by atoms with van der Waals surface area (Å²) >= 11 is 0.926. The molecule has 0 fully saturated rings. The average Bonchev–Trinajstić information content (AvgIpc) is 2.42. The lowest BCUT2D eigenvalue weighted by atomic mass is 10.2. The summed E-state index contributed by atoms with van der Waals surface area (Å²) in [5.74, 6) is -2.90. The Morgan fingerprint density at radius 1 is 1.43 bits per heavy atom. The van der Waals surface area contributed by atoms with Gasteiger partial charge in [-0.2, -0.15) is 0 Å². The average molecular weight is 319 g/mol. The minimum absolute atomic E-state index is 0.0497. The molecule has 116 valence electrons. The molecule has 0 saturated heterocycles. The molecule has 0 aromatic heterocycles. The van der Waals surface area contributed by atoms with Crippen molar-refractivity contribution in [2.45, 2.75) is 17.4 Å². The van der Waals surface area contributed by atoms with Crippen LogP contribution in [0, 0.1) is 11.6 Å². The number of hydrogen-bond donors (Lipinski definition) is 2. The number of benzene rings is 1. The van der Waals surface area contributed by atoms with Gasteiger partial charge in [-0.25, -0.2) is 8.78 Å². The lowest BCUT2D eigenvalue weighted by Crippen LogP contribution is -2.35.